The molecule has 0 fully saturated rings. The number of hydrogen-bond acceptors (Lipinski definition) is 7. The third-order valence-electron chi connectivity index (χ3n) is 5.51. The SMILES string of the molecule is CCn1nc(C(=O)OCc2csc(N(C(C)=O)c3ccc(C)c(C)c3)n2)c2ccccc2c1=O. The third kappa shape index (κ3) is 4.47. The number of carbonyl (C=O) groups is 2. The van der Waals surface area contributed by atoms with E-state index in [1.807, 2.05) is 32.0 Å². The molecule has 8 nitrogen and oxygen atoms in total. The van der Waals surface area contributed by atoms with Crippen molar-refractivity contribution in [1.29, 1.82) is 0 Å². The predicted molar refractivity (Wildman–Crippen MR) is 132 cm³/mol. The number of carbonyl (C=O) groups excluding carboxylic acids is 2. The molecule has 0 aliphatic heterocycles. The molecule has 0 bridgehead atoms. The summed E-state index contributed by atoms with van der Waals surface area (Å²) in [5, 5.41) is 7.29. The lowest BCUT2D eigenvalue weighted by molar-refractivity contribution is -0.115. The van der Waals surface area contributed by atoms with Gasteiger partial charge in [0.15, 0.2) is 10.8 Å². The van der Waals surface area contributed by atoms with Gasteiger partial charge in [-0.05, 0) is 50.1 Å². The molecule has 0 unspecified atom stereocenters. The molecule has 2 aromatic carbocycles. The van der Waals surface area contributed by atoms with E-state index in [2.05, 4.69) is 10.1 Å². The monoisotopic (exact) mass is 476 g/mol. The zero-order valence-corrected chi connectivity index (χ0v) is 20.2. The van der Waals surface area contributed by atoms with Gasteiger partial charge in [0.25, 0.3) is 5.56 Å². The first-order valence-electron chi connectivity index (χ1n) is 10.8. The molecular formula is C25H24N4O4S. The molecule has 34 heavy (non-hydrogen) atoms. The van der Waals surface area contributed by atoms with E-state index in [0.717, 1.165) is 16.8 Å². The second-order valence-electron chi connectivity index (χ2n) is 7.84. The van der Waals surface area contributed by atoms with Crippen LogP contribution in [0.4, 0.5) is 10.8 Å². The molecule has 0 aliphatic rings. The number of ether oxygens (including phenoxy) is 1. The highest BCUT2D eigenvalue weighted by Crippen LogP contribution is 2.30. The van der Waals surface area contributed by atoms with Gasteiger partial charge in [-0.25, -0.2) is 14.5 Å². The molecule has 0 aliphatic carbocycles. The van der Waals surface area contributed by atoms with Crippen LogP contribution in [0.25, 0.3) is 10.8 Å². The maximum absolute atomic E-state index is 12.9. The second-order valence-corrected chi connectivity index (χ2v) is 8.67. The molecule has 2 aromatic heterocycles. The van der Waals surface area contributed by atoms with E-state index in [1.54, 1.807) is 36.6 Å². The minimum absolute atomic E-state index is 0.0768. The van der Waals surface area contributed by atoms with Gasteiger partial charge in [0, 0.05) is 24.2 Å². The highest BCUT2D eigenvalue weighted by Gasteiger charge is 2.21. The van der Waals surface area contributed by atoms with Crippen molar-refractivity contribution in [2.24, 2.45) is 0 Å². The summed E-state index contributed by atoms with van der Waals surface area (Å²) in [6, 6.07) is 12.6. The van der Waals surface area contributed by atoms with Crippen LogP contribution in [0.15, 0.2) is 52.6 Å². The van der Waals surface area contributed by atoms with Gasteiger partial charge < -0.3 is 4.74 Å². The Kier molecular flexibility index (Phi) is 6.56. The lowest BCUT2D eigenvalue weighted by Gasteiger charge is -2.19. The summed E-state index contributed by atoms with van der Waals surface area (Å²) < 4.78 is 6.72. The second kappa shape index (κ2) is 9.56. The number of hydrogen-bond donors (Lipinski definition) is 0. The van der Waals surface area contributed by atoms with Crippen LogP contribution in [0, 0.1) is 13.8 Å². The van der Waals surface area contributed by atoms with Crippen LogP contribution >= 0.6 is 11.3 Å². The van der Waals surface area contributed by atoms with Gasteiger partial charge in [0.1, 0.15) is 6.61 Å². The number of anilines is 2. The molecule has 9 heteroatoms. The fourth-order valence-corrected chi connectivity index (χ4v) is 4.44. The van der Waals surface area contributed by atoms with Crippen molar-refractivity contribution in [3.05, 3.63) is 80.7 Å². The minimum atomic E-state index is -0.648. The van der Waals surface area contributed by atoms with Gasteiger partial charge in [-0.3, -0.25) is 14.5 Å². The van der Waals surface area contributed by atoms with Crippen molar-refractivity contribution < 1.29 is 14.3 Å². The van der Waals surface area contributed by atoms with Gasteiger partial charge in [0.2, 0.25) is 5.91 Å². The average molecular weight is 477 g/mol. The zero-order valence-electron chi connectivity index (χ0n) is 19.4. The van der Waals surface area contributed by atoms with Crippen LogP contribution in [0.1, 0.15) is 41.2 Å². The first-order chi connectivity index (χ1) is 16.3. The fourth-order valence-electron chi connectivity index (χ4n) is 3.56. The Morgan fingerprint density at radius 2 is 1.82 bits per heavy atom. The molecule has 0 spiro atoms. The zero-order chi connectivity index (χ0) is 24.4. The van der Waals surface area contributed by atoms with Crippen molar-refractivity contribution >= 4 is 44.8 Å². The Bertz CT molecular complexity index is 1460. The Balaban J connectivity index is 1.57. The maximum Gasteiger partial charge on any atom is 0.359 e. The average Bonchev–Trinajstić information content (AvgIpc) is 3.28. The van der Waals surface area contributed by atoms with Gasteiger partial charge in [0.05, 0.1) is 16.8 Å². The Morgan fingerprint density at radius 3 is 2.50 bits per heavy atom. The van der Waals surface area contributed by atoms with Crippen LogP contribution < -0.4 is 10.5 Å². The quantitative estimate of drug-likeness (QED) is 0.380. The normalized spacial score (nSPS) is 10.9. The Morgan fingerprint density at radius 1 is 1.09 bits per heavy atom. The van der Waals surface area contributed by atoms with E-state index in [-0.39, 0.29) is 23.8 Å². The van der Waals surface area contributed by atoms with E-state index >= 15 is 0 Å². The first-order valence-corrected chi connectivity index (χ1v) is 11.7. The number of esters is 1. The minimum Gasteiger partial charge on any atom is -0.454 e. The van der Waals surface area contributed by atoms with Crippen molar-refractivity contribution in [2.45, 2.75) is 40.8 Å². The van der Waals surface area contributed by atoms with Gasteiger partial charge in [-0.2, -0.15) is 5.10 Å². The van der Waals surface area contributed by atoms with Crippen LogP contribution in [-0.4, -0.2) is 26.6 Å². The van der Waals surface area contributed by atoms with Crippen molar-refractivity contribution in [2.75, 3.05) is 4.90 Å². The van der Waals surface area contributed by atoms with E-state index in [4.69, 9.17) is 4.74 Å². The Labute approximate surface area is 200 Å². The highest BCUT2D eigenvalue weighted by atomic mass is 32.1. The number of aryl methyl sites for hydroxylation is 3. The number of thiazole rings is 1. The summed E-state index contributed by atoms with van der Waals surface area (Å²) in [6.45, 7) is 7.51. The van der Waals surface area contributed by atoms with Crippen molar-refractivity contribution in [3.63, 3.8) is 0 Å². The summed E-state index contributed by atoms with van der Waals surface area (Å²) in [6.07, 6.45) is 0. The fraction of sp³-hybridized carbons (Fsp3) is 0.240. The van der Waals surface area contributed by atoms with Crippen LogP contribution in [0.3, 0.4) is 0 Å². The molecule has 4 rings (SSSR count). The largest absolute Gasteiger partial charge is 0.454 e. The lowest BCUT2D eigenvalue weighted by atomic mass is 10.1. The summed E-state index contributed by atoms with van der Waals surface area (Å²) in [5.74, 6) is -0.816. The van der Waals surface area contributed by atoms with Gasteiger partial charge >= 0.3 is 5.97 Å². The molecule has 4 aromatic rings. The summed E-state index contributed by atoms with van der Waals surface area (Å²) >= 11 is 1.29. The standard InChI is InChI=1S/C25H24N4O4S/c1-5-28-23(31)21-9-7-6-8-20(21)22(27-28)24(32)33-13-18-14-34-25(26-18)29(17(4)30)19-11-10-15(2)16(3)12-19/h6-12,14H,5,13H2,1-4H3. The summed E-state index contributed by atoms with van der Waals surface area (Å²) in [7, 11) is 0. The lowest BCUT2D eigenvalue weighted by Crippen LogP contribution is -2.25. The van der Waals surface area contributed by atoms with E-state index < -0.39 is 5.97 Å². The van der Waals surface area contributed by atoms with E-state index in [1.165, 1.54) is 27.8 Å². The number of aromatic nitrogens is 3. The molecule has 2 heterocycles. The topological polar surface area (TPSA) is 94.4 Å². The first kappa shape index (κ1) is 23.3. The number of benzene rings is 2. The highest BCUT2D eigenvalue weighted by molar-refractivity contribution is 7.14. The molecule has 0 atom stereocenters. The van der Waals surface area contributed by atoms with Crippen LogP contribution in [0.2, 0.25) is 0 Å². The predicted octanol–water partition coefficient (Wildman–Crippen LogP) is 4.53. The number of fused-ring (bicyclic) bond motifs is 1. The smallest absolute Gasteiger partial charge is 0.359 e. The van der Waals surface area contributed by atoms with Crippen LogP contribution in [0.5, 0.6) is 0 Å². The maximum atomic E-state index is 12.9. The van der Waals surface area contributed by atoms with E-state index in [9.17, 15) is 14.4 Å². The van der Waals surface area contributed by atoms with Crippen molar-refractivity contribution in [3.8, 4) is 0 Å². The van der Waals surface area contributed by atoms with E-state index in [0.29, 0.717) is 28.1 Å². The summed E-state index contributed by atoms with van der Waals surface area (Å²) in [4.78, 5) is 43.8. The molecule has 0 radical (unpaired) electrons. The summed E-state index contributed by atoms with van der Waals surface area (Å²) in [5.41, 5.74) is 3.27. The molecule has 0 saturated carbocycles. The molecule has 1 amide bonds. The number of rotatable bonds is 6. The molecule has 0 N–H and O–H groups in total. The number of amides is 1. The third-order valence-corrected chi connectivity index (χ3v) is 6.38. The van der Waals surface area contributed by atoms with Crippen molar-refractivity contribution in [1.82, 2.24) is 14.8 Å². The Hall–Kier alpha value is -3.85. The molecule has 0 saturated heterocycles. The van der Waals surface area contributed by atoms with Gasteiger partial charge in [-0.1, -0.05) is 24.3 Å². The number of nitrogens with zero attached hydrogens (tertiary/aromatic N) is 4. The van der Waals surface area contributed by atoms with Gasteiger partial charge in [-0.15, -0.1) is 11.3 Å². The molecular weight excluding hydrogens is 452 g/mol. The van der Waals surface area contributed by atoms with Crippen LogP contribution in [-0.2, 0) is 22.7 Å². The molecule has 174 valence electrons.